The molecule has 2 rings (SSSR count). The highest BCUT2D eigenvalue weighted by Crippen LogP contribution is 2.25. The van der Waals surface area contributed by atoms with Crippen LogP contribution in [0, 0.1) is 0 Å². The number of rotatable bonds is 3. The van der Waals surface area contributed by atoms with Gasteiger partial charge in [0.15, 0.2) is 0 Å². The van der Waals surface area contributed by atoms with Gasteiger partial charge in [-0.1, -0.05) is 11.6 Å². The van der Waals surface area contributed by atoms with Crippen LogP contribution in [0.15, 0.2) is 18.2 Å². The summed E-state index contributed by atoms with van der Waals surface area (Å²) in [5, 5.41) is 0.596. The van der Waals surface area contributed by atoms with E-state index in [4.69, 9.17) is 27.9 Å². The minimum absolute atomic E-state index is 0.216. The Morgan fingerprint density at radius 1 is 1.56 bits per heavy atom. The summed E-state index contributed by atoms with van der Waals surface area (Å²) in [6.45, 7) is 1.75. The molecule has 2 aromatic rings. The normalized spacial score (nSPS) is 12.7. The van der Waals surface area contributed by atoms with Crippen molar-refractivity contribution >= 4 is 40.2 Å². The van der Waals surface area contributed by atoms with Crippen LogP contribution >= 0.6 is 23.2 Å². The van der Waals surface area contributed by atoms with E-state index in [0.717, 1.165) is 5.52 Å². The van der Waals surface area contributed by atoms with Gasteiger partial charge in [-0.2, -0.15) is 0 Å². The molecule has 1 atom stereocenters. The van der Waals surface area contributed by atoms with Crippen molar-refractivity contribution in [2.24, 2.45) is 0 Å². The monoisotopic (exact) mass is 286 g/mol. The first-order valence-corrected chi connectivity index (χ1v) is 6.30. The molecule has 0 saturated heterocycles. The summed E-state index contributed by atoms with van der Waals surface area (Å²) in [7, 11) is 1.36. The Hall–Kier alpha value is -1.26. The average molecular weight is 287 g/mol. The number of aromatic nitrogens is 2. The van der Waals surface area contributed by atoms with Gasteiger partial charge in [-0.3, -0.25) is 0 Å². The van der Waals surface area contributed by atoms with Gasteiger partial charge in [0.05, 0.1) is 24.0 Å². The highest BCUT2D eigenvalue weighted by molar-refractivity contribution is 6.31. The van der Waals surface area contributed by atoms with Gasteiger partial charge in [-0.25, -0.2) is 9.78 Å². The van der Waals surface area contributed by atoms with Gasteiger partial charge in [-0.05, 0) is 25.1 Å². The largest absolute Gasteiger partial charge is 0.467 e. The molecule has 18 heavy (non-hydrogen) atoms. The number of nitrogens with zero attached hydrogens (tertiary/aromatic N) is 2. The van der Waals surface area contributed by atoms with E-state index in [2.05, 4.69) is 4.98 Å². The summed E-state index contributed by atoms with van der Waals surface area (Å²) in [6.07, 6.45) is 0. The second kappa shape index (κ2) is 5.16. The molecule has 6 heteroatoms. The smallest absolute Gasteiger partial charge is 0.328 e. The average Bonchev–Trinajstić information content (AvgIpc) is 2.74. The fraction of sp³-hybridized carbons (Fsp3) is 0.333. The Kier molecular flexibility index (Phi) is 3.78. The molecule has 0 bridgehead atoms. The molecular formula is C12H12Cl2N2O2. The third-order valence-electron chi connectivity index (χ3n) is 2.77. The maximum absolute atomic E-state index is 11.6. The van der Waals surface area contributed by atoms with Gasteiger partial charge < -0.3 is 9.30 Å². The van der Waals surface area contributed by atoms with Crippen LogP contribution in [0.5, 0.6) is 0 Å². The summed E-state index contributed by atoms with van der Waals surface area (Å²) >= 11 is 11.8. The van der Waals surface area contributed by atoms with E-state index in [1.165, 1.54) is 7.11 Å². The van der Waals surface area contributed by atoms with Crippen molar-refractivity contribution in [3.63, 3.8) is 0 Å². The zero-order chi connectivity index (χ0) is 13.3. The number of hydrogen-bond donors (Lipinski definition) is 0. The van der Waals surface area contributed by atoms with Crippen molar-refractivity contribution in [1.82, 2.24) is 9.55 Å². The number of esters is 1. The van der Waals surface area contributed by atoms with E-state index < -0.39 is 6.04 Å². The molecule has 0 aliphatic rings. The SMILES string of the molecule is COC(=O)C(C)n1c(CCl)nc2cc(Cl)ccc21. The lowest BCUT2D eigenvalue weighted by Crippen LogP contribution is -2.19. The lowest BCUT2D eigenvalue weighted by Gasteiger charge is -2.14. The molecule has 0 saturated carbocycles. The van der Waals surface area contributed by atoms with Crippen LogP contribution in [0.3, 0.4) is 0 Å². The van der Waals surface area contributed by atoms with Gasteiger partial charge in [0.2, 0.25) is 0 Å². The van der Waals surface area contributed by atoms with Gasteiger partial charge in [0, 0.05) is 5.02 Å². The number of fused-ring (bicyclic) bond motifs is 1. The minimum atomic E-state index is -0.477. The Balaban J connectivity index is 2.63. The highest BCUT2D eigenvalue weighted by Gasteiger charge is 2.21. The Bertz CT molecular complexity index is 595. The summed E-state index contributed by atoms with van der Waals surface area (Å²) in [6, 6.07) is 4.84. The Labute approximate surface area is 114 Å². The molecule has 0 N–H and O–H groups in total. The number of hydrogen-bond acceptors (Lipinski definition) is 3. The number of ether oxygens (including phenoxy) is 1. The number of halogens is 2. The second-order valence-electron chi connectivity index (χ2n) is 3.86. The van der Waals surface area contributed by atoms with E-state index in [-0.39, 0.29) is 11.8 Å². The van der Waals surface area contributed by atoms with Gasteiger partial charge in [0.1, 0.15) is 11.9 Å². The quantitative estimate of drug-likeness (QED) is 0.643. The number of imidazole rings is 1. The molecule has 1 aromatic heterocycles. The van der Waals surface area contributed by atoms with Gasteiger partial charge in [-0.15, -0.1) is 11.6 Å². The van der Waals surface area contributed by atoms with Crippen LogP contribution < -0.4 is 0 Å². The molecule has 1 unspecified atom stereocenters. The fourth-order valence-electron chi connectivity index (χ4n) is 1.92. The molecule has 0 amide bonds. The van der Waals surface area contributed by atoms with E-state index in [1.807, 2.05) is 6.07 Å². The number of carbonyl (C=O) groups excluding carboxylic acids is 1. The standard InChI is InChI=1S/C12H12Cl2N2O2/c1-7(12(17)18-2)16-10-4-3-8(14)5-9(10)15-11(16)6-13/h3-5,7H,6H2,1-2H3. The Morgan fingerprint density at radius 2 is 2.28 bits per heavy atom. The summed E-state index contributed by atoms with van der Waals surface area (Å²) in [4.78, 5) is 16.0. The topological polar surface area (TPSA) is 44.1 Å². The molecule has 0 aliphatic carbocycles. The summed E-state index contributed by atoms with van der Waals surface area (Å²) in [5.41, 5.74) is 1.53. The van der Waals surface area contributed by atoms with Crippen LogP contribution in [0.1, 0.15) is 18.8 Å². The molecule has 1 heterocycles. The van der Waals surface area contributed by atoms with E-state index in [1.54, 1.807) is 23.6 Å². The highest BCUT2D eigenvalue weighted by atomic mass is 35.5. The lowest BCUT2D eigenvalue weighted by molar-refractivity contribution is -0.143. The third-order valence-corrected chi connectivity index (χ3v) is 3.25. The molecule has 0 radical (unpaired) electrons. The molecule has 96 valence electrons. The predicted octanol–water partition coefficient (Wildman–Crippen LogP) is 3.16. The molecule has 0 fully saturated rings. The molecule has 4 nitrogen and oxygen atoms in total. The second-order valence-corrected chi connectivity index (χ2v) is 4.57. The molecule has 1 aromatic carbocycles. The van der Waals surface area contributed by atoms with Crippen molar-refractivity contribution in [3.8, 4) is 0 Å². The van der Waals surface area contributed by atoms with Crippen LogP contribution in [0.25, 0.3) is 11.0 Å². The molecule has 0 spiro atoms. The Morgan fingerprint density at radius 3 is 2.89 bits per heavy atom. The van der Waals surface area contributed by atoms with Crippen LogP contribution in [-0.2, 0) is 15.4 Å². The van der Waals surface area contributed by atoms with E-state index in [0.29, 0.717) is 16.4 Å². The first-order chi connectivity index (χ1) is 8.58. The van der Waals surface area contributed by atoms with E-state index in [9.17, 15) is 4.79 Å². The van der Waals surface area contributed by atoms with E-state index >= 15 is 0 Å². The first-order valence-electron chi connectivity index (χ1n) is 5.38. The first kappa shape index (κ1) is 13.2. The van der Waals surface area contributed by atoms with Crippen LogP contribution in [-0.4, -0.2) is 22.6 Å². The van der Waals surface area contributed by atoms with Gasteiger partial charge >= 0.3 is 5.97 Å². The van der Waals surface area contributed by atoms with Crippen molar-refractivity contribution < 1.29 is 9.53 Å². The van der Waals surface area contributed by atoms with Crippen LogP contribution in [0.4, 0.5) is 0 Å². The van der Waals surface area contributed by atoms with Gasteiger partial charge in [0.25, 0.3) is 0 Å². The minimum Gasteiger partial charge on any atom is -0.467 e. The van der Waals surface area contributed by atoms with Crippen molar-refractivity contribution in [2.75, 3.05) is 7.11 Å². The third kappa shape index (κ3) is 2.18. The fourth-order valence-corrected chi connectivity index (χ4v) is 2.28. The number of alkyl halides is 1. The molecule has 0 aliphatic heterocycles. The zero-order valence-corrected chi connectivity index (χ0v) is 11.5. The maximum Gasteiger partial charge on any atom is 0.328 e. The predicted molar refractivity (Wildman–Crippen MR) is 71.0 cm³/mol. The summed E-state index contributed by atoms with van der Waals surface area (Å²) in [5.74, 6) is 0.496. The number of methoxy groups -OCH3 is 1. The van der Waals surface area contributed by atoms with Crippen LogP contribution in [0.2, 0.25) is 5.02 Å². The van der Waals surface area contributed by atoms with Crippen molar-refractivity contribution in [3.05, 3.63) is 29.0 Å². The maximum atomic E-state index is 11.6. The lowest BCUT2D eigenvalue weighted by atomic mass is 10.2. The number of carbonyl (C=O) groups is 1. The molecular weight excluding hydrogens is 275 g/mol. The van der Waals surface area contributed by atoms with Crippen molar-refractivity contribution in [1.29, 1.82) is 0 Å². The van der Waals surface area contributed by atoms with Crippen molar-refractivity contribution in [2.45, 2.75) is 18.8 Å². The number of benzene rings is 1. The zero-order valence-electron chi connectivity index (χ0n) is 9.98. The summed E-state index contributed by atoms with van der Waals surface area (Å²) < 4.78 is 6.52.